The second-order valence-electron chi connectivity index (χ2n) is 23.8. The summed E-state index contributed by atoms with van der Waals surface area (Å²) in [4.78, 5) is 0. The zero-order valence-electron chi connectivity index (χ0n) is 40.5. The van der Waals surface area contributed by atoms with Gasteiger partial charge < -0.3 is 0 Å². The van der Waals surface area contributed by atoms with Crippen LogP contribution in [0.3, 0.4) is 0 Å². The van der Waals surface area contributed by atoms with E-state index < -0.39 is 56.5 Å². The van der Waals surface area contributed by atoms with Gasteiger partial charge in [0, 0.05) is 5.54 Å². The molecule has 0 nitrogen and oxygen atoms in total. The van der Waals surface area contributed by atoms with E-state index in [9.17, 15) is 0 Å². The minimum Gasteiger partial charge on any atom is -0.0656 e. The van der Waals surface area contributed by atoms with Gasteiger partial charge in [0.1, 0.15) is 0 Å². The van der Waals surface area contributed by atoms with Gasteiger partial charge in [-0.05, 0) is 75.2 Å². The van der Waals surface area contributed by atoms with E-state index >= 15 is 0 Å². The van der Waals surface area contributed by atoms with Gasteiger partial charge in [-0.3, -0.25) is 0 Å². The Labute approximate surface area is 348 Å². The molecule has 0 saturated heterocycles. The summed E-state index contributed by atoms with van der Waals surface area (Å²) in [7, 11) is -13.6. The molecular weight excluding hydrogens is 773 g/mol. The molecule has 3 aromatic carbocycles. The van der Waals surface area contributed by atoms with Crippen LogP contribution in [0.5, 0.6) is 0 Å². The summed E-state index contributed by atoms with van der Waals surface area (Å²) in [5.74, 6) is 0. The number of hydrogen-bond donors (Lipinski definition) is 0. The standard InChI is InChI=1S/C48H82Si7/c1-32-33(2)35(4)45(34(32)3)55(42-29-26-39(49(8,9)10)36(5)46(42)52(17,18)19,43-30-27-40(50(11,12)13)37(6)47(43)53(20,21)22)44-31-28-41(51(14,15)16)38(7)48(44)54(23,24)25/h26-31,45H,1-25H3. The Morgan fingerprint density at radius 2 is 0.491 bits per heavy atom. The lowest BCUT2D eigenvalue weighted by atomic mass is 10.1. The second kappa shape index (κ2) is 14.7. The maximum absolute atomic E-state index is 2.97. The van der Waals surface area contributed by atoms with E-state index in [0.29, 0.717) is 5.54 Å². The summed E-state index contributed by atoms with van der Waals surface area (Å²) in [6.07, 6.45) is 0. The van der Waals surface area contributed by atoms with E-state index in [1.807, 2.05) is 0 Å². The van der Waals surface area contributed by atoms with Gasteiger partial charge in [0.05, 0.1) is 48.4 Å². The lowest BCUT2D eigenvalue weighted by Crippen LogP contribution is -2.83. The predicted molar refractivity (Wildman–Crippen MR) is 277 cm³/mol. The number of rotatable bonds is 10. The van der Waals surface area contributed by atoms with Crippen LogP contribution >= 0.6 is 0 Å². The fourth-order valence-corrected chi connectivity index (χ4v) is 35.2. The van der Waals surface area contributed by atoms with Crippen LogP contribution in [-0.4, -0.2) is 56.5 Å². The molecule has 7 heteroatoms. The Morgan fingerprint density at radius 1 is 0.291 bits per heavy atom. The van der Waals surface area contributed by atoms with Crippen LogP contribution in [0.1, 0.15) is 44.4 Å². The normalized spacial score (nSPS) is 15.9. The highest BCUT2D eigenvalue weighted by Gasteiger charge is 2.56. The first-order valence-electron chi connectivity index (χ1n) is 21.3. The highest BCUT2D eigenvalue weighted by Crippen LogP contribution is 2.46. The van der Waals surface area contributed by atoms with E-state index in [2.05, 4.69) is 203 Å². The molecule has 0 unspecified atom stereocenters. The zero-order chi connectivity index (χ0) is 42.6. The summed E-state index contributed by atoms with van der Waals surface area (Å²) in [5, 5.41) is 15.6. The van der Waals surface area contributed by atoms with Crippen molar-refractivity contribution in [2.24, 2.45) is 0 Å². The zero-order valence-corrected chi connectivity index (χ0v) is 47.5. The van der Waals surface area contributed by atoms with E-state index in [-0.39, 0.29) is 0 Å². The minimum atomic E-state index is -2.97. The molecule has 0 saturated carbocycles. The summed E-state index contributed by atoms with van der Waals surface area (Å²) in [6.45, 7) is 64.8. The topological polar surface area (TPSA) is 0 Å². The van der Waals surface area contributed by atoms with Crippen molar-refractivity contribution in [2.75, 3.05) is 0 Å². The van der Waals surface area contributed by atoms with Crippen molar-refractivity contribution in [2.45, 2.75) is 172 Å². The lowest BCUT2D eigenvalue weighted by Gasteiger charge is -2.49. The SMILES string of the molecule is CC1=C(C)C([Si](c2ccc([Si](C)(C)C)c(C)c2[Si](C)(C)C)(c2ccc([Si](C)(C)C)c(C)c2[Si](C)(C)C)c2ccc([Si](C)(C)C)c(C)c2[Si](C)(C)C)C(C)=C1C. The molecular formula is C48H82Si7. The molecule has 0 heterocycles. The van der Waals surface area contributed by atoms with Crippen molar-refractivity contribution in [3.05, 3.63) is 75.4 Å². The molecule has 1 aliphatic carbocycles. The van der Waals surface area contributed by atoms with Gasteiger partial charge >= 0.3 is 0 Å². The van der Waals surface area contributed by atoms with Crippen LogP contribution in [0.2, 0.25) is 123 Å². The maximum Gasteiger partial charge on any atom is 0.158 e. The van der Waals surface area contributed by atoms with E-state index in [4.69, 9.17) is 0 Å². The quantitative estimate of drug-likeness (QED) is 0.141. The Hall–Kier alpha value is -1.34. The van der Waals surface area contributed by atoms with Gasteiger partial charge in [0.25, 0.3) is 0 Å². The first-order chi connectivity index (χ1) is 24.5. The summed E-state index contributed by atoms with van der Waals surface area (Å²) in [5.41, 5.74) is 11.6. The molecule has 0 aromatic heterocycles. The van der Waals surface area contributed by atoms with Gasteiger partial charge in [0.2, 0.25) is 0 Å². The Kier molecular flexibility index (Phi) is 12.4. The number of hydrogen-bond acceptors (Lipinski definition) is 0. The third-order valence-corrected chi connectivity index (χ3v) is 32.6. The molecule has 0 spiro atoms. The first-order valence-corrected chi connectivity index (χ1v) is 44.4. The number of allylic oxidation sites excluding steroid dienone is 4. The lowest BCUT2D eigenvalue weighted by molar-refractivity contribution is 1.09. The first kappa shape index (κ1) is 46.3. The van der Waals surface area contributed by atoms with Crippen molar-refractivity contribution in [3.63, 3.8) is 0 Å². The smallest absolute Gasteiger partial charge is 0.0656 e. The molecule has 0 bridgehead atoms. The van der Waals surface area contributed by atoms with E-state index in [1.165, 1.54) is 0 Å². The second-order valence-corrected chi connectivity index (χ2v) is 57.8. The third kappa shape index (κ3) is 8.04. The summed E-state index contributed by atoms with van der Waals surface area (Å²) >= 11 is 0. The molecule has 1 aliphatic rings. The van der Waals surface area contributed by atoms with Crippen LogP contribution in [-0.2, 0) is 0 Å². The van der Waals surface area contributed by atoms with Crippen molar-refractivity contribution >= 4 is 103 Å². The molecule has 0 radical (unpaired) electrons. The average Bonchev–Trinajstić information content (AvgIpc) is 3.16. The van der Waals surface area contributed by atoms with Crippen LogP contribution in [0.4, 0.5) is 0 Å². The summed E-state index contributed by atoms with van der Waals surface area (Å²) < 4.78 is 0. The molecule has 3 aromatic rings. The third-order valence-electron chi connectivity index (χ3n) is 13.4. The predicted octanol–water partition coefficient (Wildman–Crippen LogP) is 9.41. The largest absolute Gasteiger partial charge is 0.158 e. The van der Waals surface area contributed by atoms with Crippen LogP contribution in [0.25, 0.3) is 0 Å². The molecule has 0 fully saturated rings. The summed E-state index contributed by atoms with van der Waals surface area (Å²) in [6, 6.07) is 16.4. The van der Waals surface area contributed by atoms with Crippen molar-refractivity contribution in [1.82, 2.24) is 0 Å². The highest BCUT2D eigenvalue weighted by atomic mass is 28.3. The van der Waals surface area contributed by atoms with Crippen molar-refractivity contribution in [1.29, 1.82) is 0 Å². The molecule has 302 valence electrons. The number of benzene rings is 3. The molecule has 4 rings (SSSR count). The fourth-order valence-electron chi connectivity index (χ4n) is 11.4. The minimum absolute atomic E-state index is 0.374. The van der Waals surface area contributed by atoms with E-state index in [1.54, 1.807) is 85.7 Å². The average molecular weight is 856 g/mol. The molecule has 0 N–H and O–H groups in total. The monoisotopic (exact) mass is 854 g/mol. The van der Waals surface area contributed by atoms with E-state index in [0.717, 1.165) is 0 Å². The van der Waals surface area contributed by atoms with Gasteiger partial charge in [-0.15, -0.1) is 0 Å². The van der Waals surface area contributed by atoms with Gasteiger partial charge in [-0.25, -0.2) is 0 Å². The van der Waals surface area contributed by atoms with Gasteiger partial charge in [0.15, 0.2) is 8.07 Å². The highest BCUT2D eigenvalue weighted by molar-refractivity contribution is 7.20. The van der Waals surface area contributed by atoms with Crippen molar-refractivity contribution in [3.8, 4) is 0 Å². The Balaban J connectivity index is 2.65. The fraction of sp³-hybridized carbons (Fsp3) is 0.542. The molecule has 0 atom stereocenters. The van der Waals surface area contributed by atoms with Gasteiger partial charge in [-0.1, -0.05) is 213 Å². The molecule has 0 amide bonds. The van der Waals surface area contributed by atoms with Crippen molar-refractivity contribution < 1.29 is 0 Å². The van der Waals surface area contributed by atoms with Crippen LogP contribution in [0.15, 0.2) is 58.7 Å². The Morgan fingerprint density at radius 3 is 0.673 bits per heavy atom. The molecule has 55 heavy (non-hydrogen) atoms. The Bertz CT molecular complexity index is 1850. The van der Waals surface area contributed by atoms with Crippen LogP contribution in [0, 0.1) is 20.8 Å². The van der Waals surface area contributed by atoms with Crippen LogP contribution < -0.4 is 46.7 Å². The molecule has 0 aliphatic heterocycles. The maximum atomic E-state index is 2.79. The van der Waals surface area contributed by atoms with Gasteiger partial charge in [-0.2, -0.15) is 0 Å².